The number of nitrogens with zero attached hydrogens (tertiary/aromatic N) is 3. The first-order valence-electron chi connectivity index (χ1n) is 6.45. The van der Waals surface area contributed by atoms with Crippen LogP contribution >= 0.6 is 0 Å². The van der Waals surface area contributed by atoms with Crippen molar-refractivity contribution >= 4 is 0 Å². The van der Waals surface area contributed by atoms with Crippen LogP contribution in [0.2, 0.25) is 0 Å². The van der Waals surface area contributed by atoms with Gasteiger partial charge in [0.2, 0.25) is 0 Å². The van der Waals surface area contributed by atoms with Gasteiger partial charge in [0.05, 0.1) is 0 Å². The average molecular weight is 243 g/mol. The lowest BCUT2D eigenvalue weighted by Crippen LogP contribution is -2.35. The maximum Gasteiger partial charge on any atom is 0.163 e. The van der Waals surface area contributed by atoms with E-state index in [1.807, 2.05) is 25.1 Å². The predicted octanol–water partition coefficient (Wildman–Crippen LogP) is 1.87. The van der Waals surface area contributed by atoms with E-state index in [1.165, 1.54) is 11.9 Å². The Balaban J connectivity index is 2.17. The molecule has 0 aliphatic heterocycles. The average Bonchev–Trinajstić information content (AvgIpc) is 2.88. The summed E-state index contributed by atoms with van der Waals surface area (Å²) in [4.78, 5) is 4.28. The van der Waals surface area contributed by atoms with E-state index in [9.17, 15) is 5.11 Å². The molecule has 1 aromatic heterocycles. The van der Waals surface area contributed by atoms with Crippen molar-refractivity contribution in [3.63, 3.8) is 0 Å². The molecule has 1 atom stereocenters. The highest BCUT2D eigenvalue weighted by atomic mass is 16.3. The highest BCUT2D eigenvalue weighted by molar-refractivity contribution is 5.39. The van der Waals surface area contributed by atoms with Gasteiger partial charge in [0.15, 0.2) is 5.82 Å². The molecular weight excluding hydrogens is 226 g/mol. The van der Waals surface area contributed by atoms with Crippen molar-refractivity contribution in [3.8, 4) is 0 Å². The number of benzene rings is 1. The fourth-order valence-corrected chi connectivity index (χ4v) is 2.86. The van der Waals surface area contributed by atoms with Gasteiger partial charge in [-0.25, -0.2) is 9.67 Å². The van der Waals surface area contributed by atoms with Gasteiger partial charge >= 0.3 is 0 Å². The third-order valence-electron chi connectivity index (χ3n) is 3.73. The predicted molar refractivity (Wildman–Crippen MR) is 68.1 cm³/mol. The Morgan fingerprint density at radius 1 is 1.39 bits per heavy atom. The fraction of sp³-hybridized carbons (Fsp3) is 0.429. The summed E-state index contributed by atoms with van der Waals surface area (Å²) >= 11 is 0. The van der Waals surface area contributed by atoms with Crippen molar-refractivity contribution in [2.24, 2.45) is 0 Å². The number of aromatic nitrogens is 3. The standard InChI is InChI=1S/C14H17N3O/c1-2-17-13(15-10-16-17)14(18)9-5-7-11-6-3-4-8-12(11)14/h3-4,6,8,10,18H,2,5,7,9H2,1H3. The van der Waals surface area contributed by atoms with Crippen LogP contribution in [0.3, 0.4) is 0 Å². The third-order valence-corrected chi connectivity index (χ3v) is 3.73. The smallest absolute Gasteiger partial charge is 0.163 e. The van der Waals surface area contributed by atoms with Crippen LogP contribution in [-0.2, 0) is 18.6 Å². The Kier molecular flexibility index (Phi) is 2.67. The van der Waals surface area contributed by atoms with E-state index in [4.69, 9.17) is 0 Å². The molecule has 1 unspecified atom stereocenters. The van der Waals surface area contributed by atoms with Crippen LogP contribution in [-0.4, -0.2) is 19.9 Å². The summed E-state index contributed by atoms with van der Waals surface area (Å²) < 4.78 is 1.78. The Bertz CT molecular complexity index is 564. The molecule has 0 saturated heterocycles. The molecule has 4 heteroatoms. The van der Waals surface area contributed by atoms with Crippen LogP contribution in [0.5, 0.6) is 0 Å². The number of rotatable bonds is 2. The van der Waals surface area contributed by atoms with E-state index in [-0.39, 0.29) is 0 Å². The van der Waals surface area contributed by atoms with Crippen molar-refractivity contribution in [1.82, 2.24) is 14.8 Å². The molecule has 2 aromatic rings. The molecule has 0 bridgehead atoms. The fourth-order valence-electron chi connectivity index (χ4n) is 2.86. The van der Waals surface area contributed by atoms with Gasteiger partial charge < -0.3 is 5.11 Å². The summed E-state index contributed by atoms with van der Waals surface area (Å²) in [5, 5.41) is 15.2. The first kappa shape index (κ1) is 11.4. The van der Waals surface area contributed by atoms with Crippen molar-refractivity contribution < 1.29 is 5.11 Å². The number of hydrogen-bond acceptors (Lipinski definition) is 3. The first-order chi connectivity index (χ1) is 8.75. The second-order valence-corrected chi connectivity index (χ2v) is 4.77. The summed E-state index contributed by atoms with van der Waals surface area (Å²) in [5.74, 6) is 0.664. The molecule has 1 aliphatic carbocycles. The van der Waals surface area contributed by atoms with Crippen molar-refractivity contribution in [3.05, 3.63) is 47.5 Å². The number of hydrogen-bond donors (Lipinski definition) is 1. The zero-order chi connectivity index (χ0) is 12.6. The Labute approximate surface area is 106 Å². The zero-order valence-corrected chi connectivity index (χ0v) is 10.5. The van der Waals surface area contributed by atoms with Gasteiger partial charge in [0, 0.05) is 6.54 Å². The van der Waals surface area contributed by atoms with E-state index < -0.39 is 5.60 Å². The zero-order valence-electron chi connectivity index (χ0n) is 10.5. The highest BCUT2D eigenvalue weighted by Gasteiger charge is 2.39. The highest BCUT2D eigenvalue weighted by Crippen LogP contribution is 2.39. The minimum atomic E-state index is -0.985. The van der Waals surface area contributed by atoms with E-state index in [1.54, 1.807) is 4.68 Å². The Morgan fingerprint density at radius 2 is 2.22 bits per heavy atom. The van der Waals surface area contributed by atoms with Crippen LogP contribution in [0.1, 0.15) is 36.7 Å². The maximum absolute atomic E-state index is 11.1. The van der Waals surface area contributed by atoms with E-state index in [0.29, 0.717) is 12.2 Å². The first-order valence-corrected chi connectivity index (χ1v) is 6.45. The minimum absolute atomic E-state index is 0.664. The second-order valence-electron chi connectivity index (χ2n) is 4.77. The quantitative estimate of drug-likeness (QED) is 0.876. The topological polar surface area (TPSA) is 50.9 Å². The van der Waals surface area contributed by atoms with E-state index in [0.717, 1.165) is 24.9 Å². The monoisotopic (exact) mass is 243 g/mol. The summed E-state index contributed by atoms with van der Waals surface area (Å²) in [5.41, 5.74) is 1.22. The summed E-state index contributed by atoms with van der Waals surface area (Å²) in [6.45, 7) is 2.73. The van der Waals surface area contributed by atoms with Crippen LogP contribution < -0.4 is 0 Å². The molecule has 1 heterocycles. The van der Waals surface area contributed by atoms with Gasteiger partial charge in [-0.05, 0) is 37.3 Å². The largest absolute Gasteiger partial charge is 0.377 e. The van der Waals surface area contributed by atoms with Gasteiger partial charge in [-0.15, -0.1) is 0 Å². The molecule has 1 aliphatic rings. The summed E-state index contributed by atoms with van der Waals surface area (Å²) in [7, 11) is 0. The van der Waals surface area contributed by atoms with Gasteiger partial charge in [0.1, 0.15) is 11.9 Å². The van der Waals surface area contributed by atoms with Crippen molar-refractivity contribution in [1.29, 1.82) is 0 Å². The van der Waals surface area contributed by atoms with E-state index in [2.05, 4.69) is 16.1 Å². The summed E-state index contributed by atoms with van der Waals surface area (Å²) in [6.07, 6.45) is 4.24. The molecule has 1 N–H and O–H groups in total. The van der Waals surface area contributed by atoms with Crippen molar-refractivity contribution in [2.75, 3.05) is 0 Å². The van der Waals surface area contributed by atoms with Crippen molar-refractivity contribution in [2.45, 2.75) is 38.3 Å². The van der Waals surface area contributed by atoms with Gasteiger partial charge in [-0.1, -0.05) is 24.3 Å². The lowest BCUT2D eigenvalue weighted by atomic mass is 9.78. The molecule has 94 valence electrons. The molecule has 0 radical (unpaired) electrons. The number of aliphatic hydroxyl groups is 1. The van der Waals surface area contributed by atoms with Crippen LogP contribution in [0.25, 0.3) is 0 Å². The summed E-state index contributed by atoms with van der Waals surface area (Å²) in [6, 6.07) is 8.09. The lowest BCUT2D eigenvalue weighted by molar-refractivity contribution is 0.0477. The molecular formula is C14H17N3O. The van der Waals surface area contributed by atoms with Crippen LogP contribution in [0.4, 0.5) is 0 Å². The molecule has 0 saturated carbocycles. The SMILES string of the molecule is CCn1ncnc1C1(O)CCCc2ccccc21. The molecule has 4 nitrogen and oxygen atoms in total. The van der Waals surface area contributed by atoms with Crippen LogP contribution in [0, 0.1) is 0 Å². The second kappa shape index (κ2) is 4.21. The molecule has 0 fully saturated rings. The minimum Gasteiger partial charge on any atom is -0.377 e. The molecule has 0 amide bonds. The maximum atomic E-state index is 11.1. The normalized spacial score (nSPS) is 22.8. The Morgan fingerprint density at radius 3 is 3.06 bits per heavy atom. The number of fused-ring (bicyclic) bond motifs is 1. The molecule has 0 spiro atoms. The van der Waals surface area contributed by atoms with Gasteiger partial charge in [-0.3, -0.25) is 0 Å². The van der Waals surface area contributed by atoms with Crippen LogP contribution in [0.15, 0.2) is 30.6 Å². The molecule has 18 heavy (non-hydrogen) atoms. The Hall–Kier alpha value is -1.68. The van der Waals surface area contributed by atoms with Gasteiger partial charge in [-0.2, -0.15) is 5.10 Å². The van der Waals surface area contributed by atoms with E-state index >= 15 is 0 Å². The number of aryl methyl sites for hydroxylation is 2. The molecule has 3 rings (SSSR count). The van der Waals surface area contributed by atoms with Gasteiger partial charge in [0.25, 0.3) is 0 Å². The third kappa shape index (κ3) is 1.56. The lowest BCUT2D eigenvalue weighted by Gasteiger charge is -2.33. The molecule has 1 aromatic carbocycles.